The molecule has 4 heteroatoms. The maximum absolute atomic E-state index is 5.63. The summed E-state index contributed by atoms with van der Waals surface area (Å²) in [6.45, 7) is 2.84. The molecule has 2 aromatic rings. The highest BCUT2D eigenvalue weighted by atomic mass is 15.2. The van der Waals surface area contributed by atoms with Crippen LogP contribution in [0.25, 0.3) is 0 Å². The van der Waals surface area contributed by atoms with Crippen LogP contribution >= 0.6 is 0 Å². The Balaban J connectivity index is 1.85. The van der Waals surface area contributed by atoms with Gasteiger partial charge in [0.1, 0.15) is 5.82 Å². The molecule has 0 aliphatic carbocycles. The van der Waals surface area contributed by atoms with Crippen molar-refractivity contribution in [1.29, 1.82) is 0 Å². The zero-order valence-corrected chi connectivity index (χ0v) is 9.85. The molecule has 1 aromatic carbocycles. The Morgan fingerprint density at radius 2 is 2.00 bits per heavy atom. The molecule has 0 spiro atoms. The van der Waals surface area contributed by atoms with Gasteiger partial charge in [-0.2, -0.15) is 5.10 Å². The lowest BCUT2D eigenvalue weighted by Crippen LogP contribution is -2.07. The van der Waals surface area contributed by atoms with Gasteiger partial charge in [-0.1, -0.05) is 12.1 Å². The SMILES string of the molecule is Cc1cnnc(NCCc2ccc(N)cc2)c1. The zero-order chi connectivity index (χ0) is 12.1. The number of anilines is 2. The lowest BCUT2D eigenvalue weighted by atomic mass is 10.1. The topological polar surface area (TPSA) is 63.8 Å². The number of nitrogens with zero attached hydrogens (tertiary/aromatic N) is 2. The molecule has 17 heavy (non-hydrogen) atoms. The number of aryl methyl sites for hydroxylation is 1. The summed E-state index contributed by atoms with van der Waals surface area (Å²) in [4.78, 5) is 0. The summed E-state index contributed by atoms with van der Waals surface area (Å²) < 4.78 is 0. The summed E-state index contributed by atoms with van der Waals surface area (Å²) in [5, 5.41) is 11.1. The maximum atomic E-state index is 5.63. The molecule has 0 fully saturated rings. The first-order valence-electron chi connectivity index (χ1n) is 5.61. The van der Waals surface area contributed by atoms with Gasteiger partial charge in [0.25, 0.3) is 0 Å². The molecule has 0 amide bonds. The number of nitrogen functional groups attached to an aromatic ring is 1. The zero-order valence-electron chi connectivity index (χ0n) is 9.85. The second-order valence-electron chi connectivity index (χ2n) is 4.04. The molecule has 0 bridgehead atoms. The van der Waals surface area contributed by atoms with Crippen molar-refractivity contribution in [2.45, 2.75) is 13.3 Å². The molecule has 2 rings (SSSR count). The first kappa shape index (κ1) is 11.4. The van der Waals surface area contributed by atoms with Crippen LogP contribution in [0, 0.1) is 6.92 Å². The third-order valence-corrected chi connectivity index (χ3v) is 2.49. The Hall–Kier alpha value is -2.10. The third kappa shape index (κ3) is 3.45. The van der Waals surface area contributed by atoms with Gasteiger partial charge in [0, 0.05) is 12.2 Å². The number of nitrogens with two attached hydrogens (primary N) is 1. The Morgan fingerprint density at radius 1 is 1.24 bits per heavy atom. The van der Waals surface area contributed by atoms with E-state index >= 15 is 0 Å². The van der Waals surface area contributed by atoms with Crippen LogP contribution in [0.15, 0.2) is 36.5 Å². The average molecular weight is 228 g/mol. The summed E-state index contributed by atoms with van der Waals surface area (Å²) in [6.07, 6.45) is 2.68. The van der Waals surface area contributed by atoms with Gasteiger partial charge in [-0.3, -0.25) is 0 Å². The van der Waals surface area contributed by atoms with Crippen LogP contribution in [0.4, 0.5) is 11.5 Å². The molecule has 0 aliphatic rings. The van der Waals surface area contributed by atoms with E-state index in [1.54, 1.807) is 6.20 Å². The minimum Gasteiger partial charge on any atom is -0.399 e. The van der Waals surface area contributed by atoms with Crippen LogP contribution in [0.1, 0.15) is 11.1 Å². The van der Waals surface area contributed by atoms with E-state index in [-0.39, 0.29) is 0 Å². The molecule has 0 atom stereocenters. The summed E-state index contributed by atoms with van der Waals surface area (Å²) >= 11 is 0. The number of nitrogens with one attached hydrogen (secondary N) is 1. The van der Waals surface area contributed by atoms with E-state index in [4.69, 9.17) is 5.73 Å². The maximum Gasteiger partial charge on any atom is 0.148 e. The predicted octanol–water partition coefficient (Wildman–Crippen LogP) is 2.02. The summed E-state index contributed by atoms with van der Waals surface area (Å²) in [7, 11) is 0. The second-order valence-corrected chi connectivity index (χ2v) is 4.04. The molecular weight excluding hydrogens is 212 g/mol. The second kappa shape index (κ2) is 5.30. The van der Waals surface area contributed by atoms with E-state index in [0.717, 1.165) is 30.0 Å². The van der Waals surface area contributed by atoms with E-state index in [1.165, 1.54) is 5.56 Å². The third-order valence-electron chi connectivity index (χ3n) is 2.49. The number of hydrogen-bond acceptors (Lipinski definition) is 4. The fourth-order valence-electron chi connectivity index (χ4n) is 1.57. The molecule has 0 saturated carbocycles. The Kier molecular flexibility index (Phi) is 3.55. The van der Waals surface area contributed by atoms with Crippen LogP contribution in [-0.4, -0.2) is 16.7 Å². The van der Waals surface area contributed by atoms with Gasteiger partial charge in [0.15, 0.2) is 0 Å². The van der Waals surface area contributed by atoms with Crippen LogP contribution in [0.3, 0.4) is 0 Å². The number of rotatable bonds is 4. The van der Waals surface area contributed by atoms with Gasteiger partial charge in [-0.15, -0.1) is 5.10 Å². The Bertz CT molecular complexity index is 479. The van der Waals surface area contributed by atoms with Crippen LogP contribution in [-0.2, 0) is 6.42 Å². The van der Waals surface area contributed by atoms with Crippen molar-refractivity contribution in [1.82, 2.24) is 10.2 Å². The van der Waals surface area contributed by atoms with Gasteiger partial charge >= 0.3 is 0 Å². The minimum atomic E-state index is 0.797. The fraction of sp³-hybridized carbons (Fsp3) is 0.231. The summed E-state index contributed by atoms with van der Waals surface area (Å²) in [6, 6.07) is 9.90. The molecule has 4 nitrogen and oxygen atoms in total. The number of hydrogen-bond donors (Lipinski definition) is 2. The van der Waals surface area contributed by atoms with E-state index in [0.29, 0.717) is 0 Å². The lowest BCUT2D eigenvalue weighted by molar-refractivity contribution is 0.960. The average Bonchev–Trinajstić information content (AvgIpc) is 2.32. The normalized spacial score (nSPS) is 10.2. The largest absolute Gasteiger partial charge is 0.399 e. The molecule has 88 valence electrons. The summed E-state index contributed by atoms with van der Waals surface area (Å²) in [5.74, 6) is 0.820. The van der Waals surface area contributed by atoms with Crippen molar-refractivity contribution in [3.63, 3.8) is 0 Å². The Morgan fingerprint density at radius 3 is 2.71 bits per heavy atom. The van der Waals surface area contributed by atoms with Crippen molar-refractivity contribution in [2.24, 2.45) is 0 Å². The highest BCUT2D eigenvalue weighted by Gasteiger charge is 1.96. The highest BCUT2D eigenvalue weighted by molar-refractivity contribution is 5.40. The van der Waals surface area contributed by atoms with Gasteiger partial charge in [0.05, 0.1) is 6.20 Å². The van der Waals surface area contributed by atoms with Gasteiger partial charge in [-0.25, -0.2) is 0 Å². The van der Waals surface area contributed by atoms with Gasteiger partial charge in [-0.05, 0) is 42.7 Å². The van der Waals surface area contributed by atoms with Crippen molar-refractivity contribution in [2.75, 3.05) is 17.6 Å². The number of benzene rings is 1. The molecule has 0 unspecified atom stereocenters. The molecule has 0 radical (unpaired) electrons. The van der Waals surface area contributed by atoms with E-state index in [1.807, 2.05) is 37.3 Å². The molecular formula is C13H16N4. The fourth-order valence-corrected chi connectivity index (χ4v) is 1.57. The molecule has 3 N–H and O–H groups in total. The molecule has 0 saturated heterocycles. The van der Waals surface area contributed by atoms with E-state index < -0.39 is 0 Å². The first-order chi connectivity index (χ1) is 8.24. The van der Waals surface area contributed by atoms with E-state index in [2.05, 4.69) is 15.5 Å². The first-order valence-corrected chi connectivity index (χ1v) is 5.61. The molecule has 1 heterocycles. The van der Waals surface area contributed by atoms with E-state index in [9.17, 15) is 0 Å². The standard InChI is InChI=1S/C13H16N4/c1-10-8-13(17-16-9-10)15-7-6-11-2-4-12(14)5-3-11/h2-5,8-9H,6-7,14H2,1H3,(H,15,17). The van der Waals surface area contributed by atoms with Crippen molar-refractivity contribution in [3.05, 3.63) is 47.7 Å². The van der Waals surface area contributed by atoms with Gasteiger partial charge in [0.2, 0.25) is 0 Å². The monoisotopic (exact) mass is 228 g/mol. The predicted molar refractivity (Wildman–Crippen MR) is 69.8 cm³/mol. The minimum absolute atomic E-state index is 0.797. The molecule has 1 aromatic heterocycles. The van der Waals surface area contributed by atoms with Crippen LogP contribution < -0.4 is 11.1 Å². The quantitative estimate of drug-likeness (QED) is 0.786. The smallest absolute Gasteiger partial charge is 0.148 e. The van der Waals surface area contributed by atoms with Gasteiger partial charge < -0.3 is 11.1 Å². The van der Waals surface area contributed by atoms with Crippen molar-refractivity contribution in [3.8, 4) is 0 Å². The Labute approximate surface area is 101 Å². The van der Waals surface area contributed by atoms with Crippen LogP contribution in [0.5, 0.6) is 0 Å². The lowest BCUT2D eigenvalue weighted by Gasteiger charge is -2.05. The highest BCUT2D eigenvalue weighted by Crippen LogP contribution is 2.07. The van der Waals surface area contributed by atoms with Crippen molar-refractivity contribution < 1.29 is 0 Å². The molecule has 0 aliphatic heterocycles. The van der Waals surface area contributed by atoms with Crippen molar-refractivity contribution >= 4 is 11.5 Å². The number of aromatic nitrogens is 2. The summed E-state index contributed by atoms with van der Waals surface area (Å²) in [5.41, 5.74) is 8.79. The van der Waals surface area contributed by atoms with Crippen LogP contribution in [0.2, 0.25) is 0 Å².